The molecule has 0 aliphatic carbocycles. The zero-order valence-corrected chi connectivity index (χ0v) is 13.8. The molecule has 0 saturated heterocycles. The van der Waals surface area contributed by atoms with Crippen molar-refractivity contribution < 1.29 is 0 Å². The van der Waals surface area contributed by atoms with Crippen LogP contribution in [0.3, 0.4) is 0 Å². The molecule has 3 rings (SSSR count). The van der Waals surface area contributed by atoms with Crippen molar-refractivity contribution in [3.05, 3.63) is 64.4 Å². The van der Waals surface area contributed by atoms with Crippen molar-refractivity contribution in [3.8, 4) is 0 Å². The van der Waals surface area contributed by atoms with Crippen LogP contribution in [0.25, 0.3) is 0 Å². The van der Waals surface area contributed by atoms with Crippen LogP contribution < -0.4 is 5.32 Å². The van der Waals surface area contributed by atoms with E-state index in [0.29, 0.717) is 0 Å². The molecule has 0 spiro atoms. The first-order valence-electron chi connectivity index (χ1n) is 6.93. The predicted octanol–water partition coefficient (Wildman–Crippen LogP) is 4.15. The summed E-state index contributed by atoms with van der Waals surface area (Å²) in [6.45, 7) is 2.75. The molecule has 1 N–H and O–H groups in total. The zero-order valence-electron chi connectivity index (χ0n) is 12.2. The molecular weight excluding hydrogens is 312 g/mol. The fourth-order valence-electron chi connectivity index (χ4n) is 1.90. The number of nitrogens with one attached hydrogen (secondary N) is 1. The molecule has 0 radical (unpaired) electrons. The summed E-state index contributed by atoms with van der Waals surface area (Å²) in [5, 5.41) is 4.24. The van der Waals surface area contributed by atoms with Crippen LogP contribution in [0.15, 0.2) is 53.3 Å². The van der Waals surface area contributed by atoms with Gasteiger partial charge in [0.25, 0.3) is 0 Å². The lowest BCUT2D eigenvalue weighted by Gasteiger charge is -2.06. The first kappa shape index (κ1) is 15.0. The van der Waals surface area contributed by atoms with Crippen molar-refractivity contribution in [1.29, 1.82) is 0 Å². The summed E-state index contributed by atoms with van der Waals surface area (Å²) in [7, 11) is 0. The molecule has 0 bridgehead atoms. The van der Waals surface area contributed by atoms with Crippen molar-refractivity contribution in [2.75, 3.05) is 5.32 Å². The average Bonchev–Trinajstić information content (AvgIpc) is 2.98. The Morgan fingerprint density at radius 2 is 2.05 bits per heavy atom. The molecule has 1 aromatic carbocycles. The van der Waals surface area contributed by atoms with Crippen molar-refractivity contribution in [2.24, 2.45) is 0 Å². The molecule has 2 heterocycles. The summed E-state index contributed by atoms with van der Waals surface area (Å²) in [6.07, 6.45) is 3.56. The number of thioether (sulfide) groups is 1. The highest BCUT2D eigenvalue weighted by molar-refractivity contribution is 7.98. The molecule has 22 heavy (non-hydrogen) atoms. The quantitative estimate of drug-likeness (QED) is 0.689. The maximum absolute atomic E-state index is 4.59. The first-order valence-corrected chi connectivity index (χ1v) is 8.79. The first-order chi connectivity index (χ1) is 10.8. The van der Waals surface area contributed by atoms with Gasteiger partial charge in [0.15, 0.2) is 0 Å². The van der Waals surface area contributed by atoms with Crippen LogP contribution in [0.2, 0.25) is 0 Å². The van der Waals surface area contributed by atoms with Gasteiger partial charge in [0.1, 0.15) is 10.8 Å². The lowest BCUT2D eigenvalue weighted by Crippen LogP contribution is -2.02. The molecule has 0 aliphatic rings. The van der Waals surface area contributed by atoms with Gasteiger partial charge in [-0.15, -0.1) is 23.1 Å². The van der Waals surface area contributed by atoms with Crippen LogP contribution in [-0.4, -0.2) is 15.0 Å². The third-order valence-corrected chi connectivity index (χ3v) is 5.02. The number of nitrogens with zero attached hydrogens (tertiary/aromatic N) is 3. The van der Waals surface area contributed by atoms with E-state index < -0.39 is 0 Å². The van der Waals surface area contributed by atoms with E-state index in [1.165, 1.54) is 10.4 Å². The van der Waals surface area contributed by atoms with Crippen molar-refractivity contribution in [3.63, 3.8) is 0 Å². The second-order valence-electron chi connectivity index (χ2n) is 4.73. The minimum atomic E-state index is 0.734. The summed E-state index contributed by atoms with van der Waals surface area (Å²) in [6, 6.07) is 10.4. The van der Waals surface area contributed by atoms with Gasteiger partial charge in [-0.3, -0.25) is 4.98 Å². The van der Waals surface area contributed by atoms with Crippen molar-refractivity contribution >= 4 is 28.9 Å². The molecule has 0 aliphatic heterocycles. The van der Waals surface area contributed by atoms with Gasteiger partial charge in [0.2, 0.25) is 0 Å². The van der Waals surface area contributed by atoms with E-state index in [9.17, 15) is 0 Å². The van der Waals surface area contributed by atoms with E-state index in [2.05, 4.69) is 44.5 Å². The van der Waals surface area contributed by atoms with Crippen LogP contribution in [0, 0.1) is 6.92 Å². The SMILES string of the molecule is Cc1ncsc1CNc1cncc(SCc2ccccc2)n1. The maximum Gasteiger partial charge on any atom is 0.146 e. The van der Waals surface area contributed by atoms with Crippen LogP contribution in [0.5, 0.6) is 0 Å². The number of hydrogen-bond acceptors (Lipinski definition) is 6. The van der Waals surface area contributed by atoms with Crippen molar-refractivity contribution in [2.45, 2.75) is 24.2 Å². The van der Waals surface area contributed by atoms with Gasteiger partial charge in [-0.2, -0.15) is 0 Å². The van der Waals surface area contributed by atoms with Gasteiger partial charge in [0, 0.05) is 10.6 Å². The Balaban J connectivity index is 1.59. The van der Waals surface area contributed by atoms with Gasteiger partial charge in [-0.25, -0.2) is 9.97 Å². The Kier molecular flexibility index (Phi) is 5.03. The summed E-state index contributed by atoms with van der Waals surface area (Å²) >= 11 is 3.34. The molecule has 0 atom stereocenters. The van der Waals surface area contributed by atoms with Crippen LogP contribution in [-0.2, 0) is 12.3 Å². The largest absolute Gasteiger partial charge is 0.364 e. The summed E-state index contributed by atoms with van der Waals surface area (Å²) in [4.78, 5) is 14.3. The standard InChI is InChI=1S/C16H16N4S2/c1-12-14(22-11-19-12)7-18-15-8-17-9-16(20-15)21-10-13-5-3-2-4-6-13/h2-6,8-9,11H,7,10H2,1H3,(H,18,20). The van der Waals surface area contributed by atoms with E-state index in [1.54, 1.807) is 35.5 Å². The zero-order chi connectivity index (χ0) is 15.2. The molecule has 2 aromatic heterocycles. The normalized spacial score (nSPS) is 10.6. The molecular formula is C16H16N4S2. The number of anilines is 1. The Labute approximate surface area is 138 Å². The van der Waals surface area contributed by atoms with Gasteiger partial charge >= 0.3 is 0 Å². The van der Waals surface area contributed by atoms with Crippen LogP contribution in [0.4, 0.5) is 5.82 Å². The smallest absolute Gasteiger partial charge is 0.146 e. The van der Waals surface area contributed by atoms with Gasteiger partial charge in [-0.1, -0.05) is 30.3 Å². The number of rotatable bonds is 6. The van der Waals surface area contributed by atoms with Gasteiger partial charge in [-0.05, 0) is 12.5 Å². The van der Waals surface area contributed by atoms with E-state index in [-0.39, 0.29) is 0 Å². The number of hydrogen-bond donors (Lipinski definition) is 1. The highest BCUT2D eigenvalue weighted by Gasteiger charge is 2.04. The van der Waals surface area contributed by atoms with Crippen LogP contribution in [0.1, 0.15) is 16.1 Å². The molecule has 0 amide bonds. The topological polar surface area (TPSA) is 50.7 Å². The van der Waals surface area contributed by atoms with E-state index in [4.69, 9.17) is 0 Å². The van der Waals surface area contributed by atoms with E-state index >= 15 is 0 Å². The lowest BCUT2D eigenvalue weighted by atomic mass is 10.2. The maximum atomic E-state index is 4.59. The predicted molar refractivity (Wildman–Crippen MR) is 92.2 cm³/mol. The molecule has 0 unspecified atom stereocenters. The van der Waals surface area contributed by atoms with Gasteiger partial charge < -0.3 is 5.32 Å². The molecule has 0 fully saturated rings. The Morgan fingerprint density at radius 1 is 1.18 bits per heavy atom. The molecule has 3 aromatic rings. The van der Waals surface area contributed by atoms with Crippen LogP contribution >= 0.6 is 23.1 Å². The Morgan fingerprint density at radius 3 is 2.82 bits per heavy atom. The number of benzene rings is 1. The minimum absolute atomic E-state index is 0.734. The second-order valence-corrected chi connectivity index (χ2v) is 6.67. The highest BCUT2D eigenvalue weighted by Crippen LogP contribution is 2.21. The number of aromatic nitrogens is 3. The highest BCUT2D eigenvalue weighted by atomic mass is 32.2. The number of aryl methyl sites for hydroxylation is 1. The lowest BCUT2D eigenvalue weighted by molar-refractivity contribution is 1.01. The minimum Gasteiger partial charge on any atom is -0.364 e. The van der Waals surface area contributed by atoms with Gasteiger partial charge in [0.05, 0.1) is 30.1 Å². The third kappa shape index (κ3) is 4.05. The summed E-state index contributed by atoms with van der Waals surface area (Å²) in [5.41, 5.74) is 4.22. The molecule has 0 saturated carbocycles. The Hall–Kier alpha value is -1.92. The molecule has 4 nitrogen and oxygen atoms in total. The second kappa shape index (κ2) is 7.38. The monoisotopic (exact) mass is 328 g/mol. The summed E-state index contributed by atoms with van der Waals surface area (Å²) < 4.78 is 0. The fourth-order valence-corrected chi connectivity index (χ4v) is 3.42. The fraction of sp³-hybridized carbons (Fsp3) is 0.188. The van der Waals surface area contributed by atoms with E-state index in [1.807, 2.05) is 18.5 Å². The number of thiazole rings is 1. The Bertz CT molecular complexity index is 728. The molecule has 6 heteroatoms. The average molecular weight is 328 g/mol. The molecule has 112 valence electrons. The summed E-state index contributed by atoms with van der Waals surface area (Å²) in [5.74, 6) is 1.69. The van der Waals surface area contributed by atoms with Crippen molar-refractivity contribution in [1.82, 2.24) is 15.0 Å². The third-order valence-electron chi connectivity index (χ3n) is 3.12. The van der Waals surface area contributed by atoms with E-state index in [0.717, 1.165) is 28.8 Å².